The number of hydrogen-bond donors (Lipinski definition) is 1. The Morgan fingerprint density at radius 2 is 1.87 bits per heavy atom. The fraction of sp³-hybridized carbons (Fsp3) is 0.412. The molecule has 0 bridgehead atoms. The summed E-state index contributed by atoms with van der Waals surface area (Å²) >= 11 is 1.23. The van der Waals surface area contributed by atoms with Crippen molar-refractivity contribution in [2.24, 2.45) is 0 Å². The zero-order valence-electron chi connectivity index (χ0n) is 13.4. The van der Waals surface area contributed by atoms with E-state index in [4.69, 9.17) is 9.84 Å². The molecule has 5 nitrogen and oxygen atoms in total. The van der Waals surface area contributed by atoms with E-state index in [2.05, 4.69) is 0 Å². The lowest BCUT2D eigenvalue weighted by molar-refractivity contribution is -0.136. The first-order valence-corrected chi connectivity index (χ1v) is 8.48. The highest BCUT2D eigenvalue weighted by Gasteiger charge is 2.38. The summed E-state index contributed by atoms with van der Waals surface area (Å²) in [5.74, 6) is -0.161. The van der Waals surface area contributed by atoms with Crippen molar-refractivity contribution < 1.29 is 19.4 Å². The molecule has 0 aliphatic carbocycles. The second-order valence-electron chi connectivity index (χ2n) is 5.25. The summed E-state index contributed by atoms with van der Waals surface area (Å²) in [7, 11) is 1.59. The topological polar surface area (TPSA) is 66.8 Å². The predicted molar refractivity (Wildman–Crippen MR) is 90.9 cm³/mol. The van der Waals surface area contributed by atoms with Crippen LogP contribution in [0.5, 0.6) is 0 Å². The van der Waals surface area contributed by atoms with Gasteiger partial charge in [-0.3, -0.25) is 14.5 Å². The Balaban J connectivity index is 2.31. The van der Waals surface area contributed by atoms with Gasteiger partial charge in [0.05, 0.1) is 17.1 Å². The Hall–Kier alpha value is -1.63. The van der Waals surface area contributed by atoms with Crippen LogP contribution < -0.4 is 0 Å². The maximum Gasteiger partial charge on any atom is 0.267 e. The molecular formula is C17H21NO4S. The Kier molecular flexibility index (Phi) is 6.38. The molecule has 0 saturated carbocycles. The number of aliphatic hydroxyl groups is 1. The predicted octanol–water partition coefficient (Wildman–Crippen LogP) is 1.84. The Bertz CT molecular complexity index is 610. The van der Waals surface area contributed by atoms with Crippen molar-refractivity contribution in [3.05, 3.63) is 40.3 Å². The number of carbonyl (C=O) groups is 2. The molecule has 0 saturated heterocycles. The van der Waals surface area contributed by atoms with Crippen LogP contribution in [0.1, 0.15) is 17.5 Å². The summed E-state index contributed by atoms with van der Waals surface area (Å²) in [5, 5.41) is 9.04. The number of hydrogen-bond acceptors (Lipinski definition) is 5. The van der Waals surface area contributed by atoms with E-state index < -0.39 is 0 Å². The molecule has 124 valence electrons. The van der Waals surface area contributed by atoms with E-state index in [1.807, 2.05) is 31.2 Å². The summed E-state index contributed by atoms with van der Waals surface area (Å²) in [6.45, 7) is 2.76. The SMILES string of the molecule is COCCCN1C(=O)C(SCCO)=C(c2ccc(C)cc2)C1=O. The number of ether oxygens (including phenoxy) is 1. The van der Waals surface area contributed by atoms with E-state index in [0.717, 1.165) is 11.1 Å². The second-order valence-corrected chi connectivity index (χ2v) is 6.36. The molecule has 2 amide bonds. The van der Waals surface area contributed by atoms with E-state index in [-0.39, 0.29) is 18.4 Å². The van der Waals surface area contributed by atoms with Gasteiger partial charge < -0.3 is 9.84 Å². The van der Waals surface area contributed by atoms with Gasteiger partial charge in [-0.1, -0.05) is 29.8 Å². The van der Waals surface area contributed by atoms with Gasteiger partial charge in [0.2, 0.25) is 0 Å². The lowest BCUT2D eigenvalue weighted by atomic mass is 10.0. The summed E-state index contributed by atoms with van der Waals surface area (Å²) in [6.07, 6.45) is 0.604. The number of nitrogens with zero attached hydrogens (tertiary/aromatic N) is 1. The number of amides is 2. The van der Waals surface area contributed by atoms with Gasteiger partial charge >= 0.3 is 0 Å². The van der Waals surface area contributed by atoms with Crippen LogP contribution in [0.15, 0.2) is 29.2 Å². The molecule has 0 atom stereocenters. The van der Waals surface area contributed by atoms with Gasteiger partial charge in [0.1, 0.15) is 0 Å². The van der Waals surface area contributed by atoms with Crippen LogP contribution >= 0.6 is 11.8 Å². The van der Waals surface area contributed by atoms with Crippen molar-refractivity contribution in [3.8, 4) is 0 Å². The van der Waals surface area contributed by atoms with Gasteiger partial charge in [0.25, 0.3) is 11.8 Å². The molecule has 0 spiro atoms. The molecule has 0 radical (unpaired) electrons. The van der Waals surface area contributed by atoms with Gasteiger partial charge in [-0.2, -0.15) is 0 Å². The minimum Gasteiger partial charge on any atom is -0.396 e. The number of methoxy groups -OCH3 is 1. The monoisotopic (exact) mass is 335 g/mol. The van der Waals surface area contributed by atoms with Crippen molar-refractivity contribution in [2.45, 2.75) is 13.3 Å². The minimum atomic E-state index is -0.278. The molecule has 2 rings (SSSR count). The molecule has 0 fully saturated rings. The van der Waals surface area contributed by atoms with Crippen molar-refractivity contribution in [3.63, 3.8) is 0 Å². The van der Waals surface area contributed by atoms with E-state index in [0.29, 0.717) is 35.8 Å². The first kappa shape index (κ1) is 17.7. The number of aryl methyl sites for hydroxylation is 1. The zero-order valence-corrected chi connectivity index (χ0v) is 14.2. The van der Waals surface area contributed by atoms with E-state index in [1.165, 1.54) is 16.7 Å². The molecule has 1 aliphatic heterocycles. The zero-order chi connectivity index (χ0) is 16.8. The van der Waals surface area contributed by atoms with Crippen LogP contribution in [0, 0.1) is 6.92 Å². The quantitative estimate of drug-likeness (QED) is 0.580. The normalized spacial score (nSPS) is 15.0. The first-order chi connectivity index (χ1) is 11.1. The van der Waals surface area contributed by atoms with E-state index in [9.17, 15) is 9.59 Å². The fourth-order valence-corrected chi connectivity index (χ4v) is 3.26. The lowest BCUT2D eigenvalue weighted by Gasteiger charge is -2.14. The fourth-order valence-electron chi connectivity index (χ4n) is 2.38. The molecule has 1 aromatic rings. The van der Waals surface area contributed by atoms with Crippen LogP contribution in [0.2, 0.25) is 0 Å². The summed E-state index contributed by atoms with van der Waals surface area (Å²) in [6, 6.07) is 7.55. The third-order valence-electron chi connectivity index (χ3n) is 3.53. The van der Waals surface area contributed by atoms with E-state index >= 15 is 0 Å². The number of aliphatic hydroxyl groups excluding tert-OH is 1. The van der Waals surface area contributed by atoms with E-state index in [1.54, 1.807) is 7.11 Å². The summed E-state index contributed by atoms with van der Waals surface area (Å²) in [4.78, 5) is 27.0. The standard InChI is InChI=1S/C17H21NO4S/c1-12-4-6-13(7-5-12)14-15(23-11-9-19)17(21)18(16(14)20)8-3-10-22-2/h4-7,19H,3,8-11H2,1-2H3. The highest BCUT2D eigenvalue weighted by molar-refractivity contribution is 8.04. The molecular weight excluding hydrogens is 314 g/mol. The van der Waals surface area contributed by atoms with Gasteiger partial charge in [-0.15, -0.1) is 11.8 Å². The lowest BCUT2D eigenvalue weighted by Crippen LogP contribution is -2.33. The summed E-state index contributed by atoms with van der Waals surface area (Å²) in [5.41, 5.74) is 2.27. The molecule has 0 unspecified atom stereocenters. The van der Waals surface area contributed by atoms with Crippen LogP contribution in [-0.4, -0.2) is 54.4 Å². The molecule has 23 heavy (non-hydrogen) atoms. The van der Waals surface area contributed by atoms with Crippen LogP contribution in [0.3, 0.4) is 0 Å². The minimum absolute atomic E-state index is 0.0412. The molecule has 1 aliphatic rings. The van der Waals surface area contributed by atoms with Crippen molar-refractivity contribution in [2.75, 3.05) is 32.6 Å². The van der Waals surface area contributed by atoms with Gasteiger partial charge in [-0.05, 0) is 18.9 Å². The Labute approximate surface area is 140 Å². The Morgan fingerprint density at radius 1 is 1.17 bits per heavy atom. The maximum atomic E-state index is 12.7. The van der Waals surface area contributed by atoms with Crippen LogP contribution in [-0.2, 0) is 14.3 Å². The maximum absolute atomic E-state index is 12.7. The summed E-state index contributed by atoms with van der Waals surface area (Å²) < 4.78 is 4.99. The molecule has 1 aromatic carbocycles. The third-order valence-corrected chi connectivity index (χ3v) is 4.59. The Morgan fingerprint density at radius 3 is 2.48 bits per heavy atom. The number of rotatable bonds is 8. The van der Waals surface area contributed by atoms with Crippen LogP contribution in [0.25, 0.3) is 5.57 Å². The average Bonchev–Trinajstić information content (AvgIpc) is 2.78. The highest BCUT2D eigenvalue weighted by Crippen LogP contribution is 2.36. The average molecular weight is 335 g/mol. The number of thioether (sulfide) groups is 1. The van der Waals surface area contributed by atoms with Crippen molar-refractivity contribution in [1.29, 1.82) is 0 Å². The van der Waals surface area contributed by atoms with Crippen molar-refractivity contribution in [1.82, 2.24) is 4.90 Å². The number of carbonyl (C=O) groups excluding carboxylic acids is 2. The third kappa shape index (κ3) is 4.02. The smallest absolute Gasteiger partial charge is 0.267 e. The van der Waals surface area contributed by atoms with Gasteiger partial charge in [0, 0.05) is 26.0 Å². The van der Waals surface area contributed by atoms with Crippen LogP contribution in [0.4, 0.5) is 0 Å². The second kappa shape index (κ2) is 8.29. The molecule has 6 heteroatoms. The molecule has 1 N–H and O–H groups in total. The van der Waals surface area contributed by atoms with Gasteiger partial charge in [0.15, 0.2) is 0 Å². The van der Waals surface area contributed by atoms with Gasteiger partial charge in [-0.25, -0.2) is 0 Å². The highest BCUT2D eigenvalue weighted by atomic mass is 32.2. The first-order valence-electron chi connectivity index (χ1n) is 7.50. The molecule has 1 heterocycles. The van der Waals surface area contributed by atoms with Crippen molar-refractivity contribution >= 4 is 29.1 Å². The number of benzene rings is 1. The number of imide groups is 1. The molecule has 0 aromatic heterocycles. The largest absolute Gasteiger partial charge is 0.396 e.